The molecule has 0 heterocycles. The lowest BCUT2D eigenvalue weighted by Gasteiger charge is -2.04. The van der Waals surface area contributed by atoms with Crippen molar-refractivity contribution in [1.82, 2.24) is 5.43 Å². The number of rotatable bonds is 3. The Kier molecular flexibility index (Phi) is 5.22. The fourth-order valence-corrected chi connectivity index (χ4v) is 1.91. The maximum absolute atomic E-state index is 11.7. The summed E-state index contributed by atoms with van der Waals surface area (Å²) in [5, 5.41) is 6.20. The van der Waals surface area contributed by atoms with Crippen molar-refractivity contribution in [1.29, 1.82) is 0 Å². The number of amides is 2. The monoisotopic (exact) mass is 345 g/mol. The van der Waals surface area contributed by atoms with Crippen molar-refractivity contribution in [3.05, 3.63) is 64.6 Å². The van der Waals surface area contributed by atoms with Gasteiger partial charge in [-0.25, -0.2) is 5.43 Å². The smallest absolute Gasteiger partial charge is 0.318 e. The van der Waals surface area contributed by atoms with Gasteiger partial charge in [0.1, 0.15) is 0 Å². The molecule has 0 atom stereocenters. The highest BCUT2D eigenvalue weighted by Crippen LogP contribution is 2.15. The molecule has 0 saturated carbocycles. The number of nitrogens with zero attached hydrogens (tertiary/aromatic N) is 1. The van der Waals surface area contributed by atoms with Crippen molar-refractivity contribution in [3.8, 4) is 0 Å². The molecule has 0 aliphatic rings. The van der Waals surface area contributed by atoms with E-state index in [4.69, 9.17) is 0 Å². The molecule has 0 aliphatic carbocycles. The lowest BCUT2D eigenvalue weighted by molar-refractivity contribution is -0.136. The molecule has 2 aromatic rings. The number of anilines is 1. The molecule has 0 aromatic heterocycles. The topological polar surface area (TPSA) is 70.6 Å². The Morgan fingerprint density at radius 1 is 1.00 bits per heavy atom. The van der Waals surface area contributed by atoms with Gasteiger partial charge in [0.2, 0.25) is 0 Å². The van der Waals surface area contributed by atoms with Crippen LogP contribution in [0, 0.1) is 0 Å². The first-order valence-corrected chi connectivity index (χ1v) is 6.89. The van der Waals surface area contributed by atoms with Gasteiger partial charge in [-0.1, -0.05) is 52.3 Å². The first-order chi connectivity index (χ1) is 10.1. The molecule has 5 nitrogen and oxygen atoms in total. The molecule has 2 rings (SSSR count). The Balaban J connectivity index is 1.88. The second kappa shape index (κ2) is 7.35. The summed E-state index contributed by atoms with van der Waals surface area (Å²) in [5.41, 5.74) is 3.52. The van der Waals surface area contributed by atoms with E-state index in [2.05, 4.69) is 31.8 Å². The van der Waals surface area contributed by atoms with Crippen molar-refractivity contribution in [2.24, 2.45) is 5.10 Å². The summed E-state index contributed by atoms with van der Waals surface area (Å²) >= 11 is 3.28. The molecule has 106 valence electrons. The summed E-state index contributed by atoms with van der Waals surface area (Å²) in [6, 6.07) is 16.2. The van der Waals surface area contributed by atoms with Crippen LogP contribution in [0.25, 0.3) is 0 Å². The zero-order valence-corrected chi connectivity index (χ0v) is 12.5. The average Bonchev–Trinajstić information content (AvgIpc) is 2.48. The molecule has 6 heteroatoms. The summed E-state index contributed by atoms with van der Waals surface area (Å²) in [5.74, 6) is -1.61. The van der Waals surface area contributed by atoms with Gasteiger partial charge in [-0.05, 0) is 23.8 Å². The third-order valence-corrected chi connectivity index (χ3v) is 2.96. The first-order valence-electron chi connectivity index (χ1n) is 6.10. The van der Waals surface area contributed by atoms with Crippen molar-refractivity contribution in [3.63, 3.8) is 0 Å². The average molecular weight is 346 g/mol. The molecular formula is C15H12BrN3O2. The SMILES string of the molecule is O=C(NN=Cc1ccccc1)C(=O)Nc1cccc(Br)c1. The van der Waals surface area contributed by atoms with Gasteiger partial charge in [-0.15, -0.1) is 0 Å². The van der Waals surface area contributed by atoms with Crippen LogP contribution in [-0.4, -0.2) is 18.0 Å². The zero-order chi connectivity index (χ0) is 15.1. The fourth-order valence-electron chi connectivity index (χ4n) is 1.51. The maximum atomic E-state index is 11.7. The summed E-state index contributed by atoms with van der Waals surface area (Å²) in [7, 11) is 0. The summed E-state index contributed by atoms with van der Waals surface area (Å²) in [6.45, 7) is 0. The molecule has 0 unspecified atom stereocenters. The Bertz CT molecular complexity index is 672. The molecule has 2 amide bonds. The van der Waals surface area contributed by atoms with Crippen LogP contribution < -0.4 is 10.7 Å². The Hall–Kier alpha value is -2.47. The number of nitrogens with one attached hydrogen (secondary N) is 2. The van der Waals surface area contributed by atoms with Gasteiger partial charge in [0, 0.05) is 10.2 Å². The highest BCUT2D eigenvalue weighted by atomic mass is 79.9. The standard InChI is InChI=1S/C15H12BrN3O2/c16-12-7-4-8-13(9-12)18-14(20)15(21)19-17-10-11-5-2-1-3-6-11/h1-10H,(H,18,20)(H,19,21). The van der Waals surface area contributed by atoms with Gasteiger partial charge in [0.15, 0.2) is 0 Å². The highest BCUT2D eigenvalue weighted by molar-refractivity contribution is 9.10. The van der Waals surface area contributed by atoms with E-state index < -0.39 is 11.8 Å². The van der Waals surface area contributed by atoms with E-state index in [1.54, 1.807) is 18.2 Å². The number of benzene rings is 2. The van der Waals surface area contributed by atoms with Crippen molar-refractivity contribution >= 4 is 39.6 Å². The van der Waals surface area contributed by atoms with Crippen LogP contribution >= 0.6 is 15.9 Å². The van der Waals surface area contributed by atoms with Gasteiger partial charge in [-0.2, -0.15) is 5.10 Å². The summed E-state index contributed by atoms with van der Waals surface area (Å²) in [4.78, 5) is 23.2. The minimum absolute atomic E-state index is 0.525. The molecule has 2 N–H and O–H groups in total. The van der Waals surface area contributed by atoms with Crippen molar-refractivity contribution < 1.29 is 9.59 Å². The molecule has 2 aromatic carbocycles. The summed E-state index contributed by atoms with van der Waals surface area (Å²) in [6.07, 6.45) is 1.46. The van der Waals surface area contributed by atoms with Crippen molar-refractivity contribution in [2.75, 3.05) is 5.32 Å². The molecule has 0 fully saturated rings. The number of carbonyl (C=O) groups excluding carboxylic acids is 2. The minimum atomic E-state index is -0.831. The van der Waals surface area contributed by atoms with Crippen LogP contribution in [0.1, 0.15) is 5.56 Å². The Morgan fingerprint density at radius 2 is 1.76 bits per heavy atom. The van der Waals surface area contributed by atoms with Gasteiger partial charge in [0.25, 0.3) is 0 Å². The Labute approximate surface area is 130 Å². The van der Waals surface area contributed by atoms with E-state index in [9.17, 15) is 9.59 Å². The van der Waals surface area contributed by atoms with Gasteiger partial charge in [-0.3, -0.25) is 9.59 Å². The molecule has 0 bridgehead atoms. The molecule has 0 saturated heterocycles. The van der Waals surface area contributed by atoms with Crippen LogP contribution in [0.3, 0.4) is 0 Å². The normalized spacial score (nSPS) is 10.3. The van der Waals surface area contributed by atoms with E-state index in [-0.39, 0.29) is 0 Å². The van der Waals surface area contributed by atoms with Crippen LogP contribution in [0.5, 0.6) is 0 Å². The molecule has 0 radical (unpaired) electrons. The predicted octanol–water partition coefficient (Wildman–Crippen LogP) is 2.54. The van der Waals surface area contributed by atoms with E-state index in [1.807, 2.05) is 36.4 Å². The van der Waals surface area contributed by atoms with Gasteiger partial charge < -0.3 is 5.32 Å². The number of carbonyl (C=O) groups is 2. The third kappa shape index (κ3) is 4.85. The molecular weight excluding hydrogens is 334 g/mol. The second-order valence-corrected chi connectivity index (χ2v) is 4.99. The van der Waals surface area contributed by atoms with Crippen molar-refractivity contribution in [2.45, 2.75) is 0 Å². The quantitative estimate of drug-likeness (QED) is 0.509. The fraction of sp³-hybridized carbons (Fsp3) is 0. The second-order valence-electron chi connectivity index (χ2n) is 4.07. The molecule has 21 heavy (non-hydrogen) atoms. The number of halogens is 1. The number of hydrazone groups is 1. The maximum Gasteiger partial charge on any atom is 0.329 e. The number of hydrogen-bond donors (Lipinski definition) is 2. The first kappa shape index (κ1) is 14.9. The summed E-state index contributed by atoms with van der Waals surface area (Å²) < 4.78 is 0.808. The van der Waals surface area contributed by atoms with Crippen LogP contribution in [-0.2, 0) is 9.59 Å². The predicted molar refractivity (Wildman–Crippen MR) is 85.0 cm³/mol. The van der Waals surface area contributed by atoms with E-state index in [1.165, 1.54) is 6.21 Å². The Morgan fingerprint density at radius 3 is 2.48 bits per heavy atom. The lowest BCUT2D eigenvalue weighted by Crippen LogP contribution is -2.32. The van der Waals surface area contributed by atoms with E-state index in [0.717, 1.165) is 10.0 Å². The van der Waals surface area contributed by atoms with Crippen LogP contribution in [0.4, 0.5) is 5.69 Å². The minimum Gasteiger partial charge on any atom is -0.318 e. The van der Waals surface area contributed by atoms with Crippen LogP contribution in [0.2, 0.25) is 0 Å². The van der Waals surface area contributed by atoms with E-state index in [0.29, 0.717) is 5.69 Å². The number of hydrogen-bond acceptors (Lipinski definition) is 3. The third-order valence-electron chi connectivity index (χ3n) is 2.47. The molecule has 0 spiro atoms. The molecule has 0 aliphatic heterocycles. The van der Waals surface area contributed by atoms with Crippen LogP contribution in [0.15, 0.2) is 64.2 Å². The lowest BCUT2D eigenvalue weighted by atomic mass is 10.2. The largest absolute Gasteiger partial charge is 0.329 e. The van der Waals surface area contributed by atoms with Gasteiger partial charge >= 0.3 is 11.8 Å². The highest BCUT2D eigenvalue weighted by Gasteiger charge is 2.12. The van der Waals surface area contributed by atoms with E-state index >= 15 is 0 Å². The van der Waals surface area contributed by atoms with Gasteiger partial charge in [0.05, 0.1) is 6.21 Å². The zero-order valence-electron chi connectivity index (χ0n) is 10.9.